The van der Waals surface area contributed by atoms with E-state index in [2.05, 4.69) is 25.9 Å². The molecular formula is C17H20ClN7O2. The van der Waals surface area contributed by atoms with Gasteiger partial charge >= 0.3 is 0 Å². The maximum atomic E-state index is 12.2. The summed E-state index contributed by atoms with van der Waals surface area (Å²) in [5.74, 6) is 1.12. The summed E-state index contributed by atoms with van der Waals surface area (Å²) in [6.45, 7) is 5.24. The second-order valence-corrected chi connectivity index (χ2v) is 6.56. The molecule has 0 aliphatic rings. The number of hydrogen-bond acceptors (Lipinski definition) is 6. The van der Waals surface area contributed by atoms with Crippen LogP contribution in [0.1, 0.15) is 36.1 Å². The van der Waals surface area contributed by atoms with Crippen molar-refractivity contribution >= 4 is 17.5 Å². The van der Waals surface area contributed by atoms with E-state index in [4.69, 9.17) is 16.3 Å². The first-order valence-electron chi connectivity index (χ1n) is 8.48. The Hall–Kier alpha value is -2.94. The van der Waals surface area contributed by atoms with Crippen molar-refractivity contribution in [3.05, 3.63) is 53.1 Å². The summed E-state index contributed by atoms with van der Waals surface area (Å²) in [4.78, 5) is 12.2. The molecule has 3 aromatic rings. The van der Waals surface area contributed by atoms with E-state index in [1.807, 2.05) is 13.8 Å². The standard InChI is InChI=1S/C17H20ClN7O2/c1-12(2)25-16(21-22-23-25)11-27-15-5-3-13(4-6-15)17(26)19-7-8-24-10-14(18)9-20-24/h3-6,9-10,12H,7-8,11H2,1-2H3,(H,19,26). The molecule has 0 radical (unpaired) electrons. The highest BCUT2D eigenvalue weighted by Crippen LogP contribution is 2.14. The minimum atomic E-state index is -0.163. The zero-order valence-electron chi connectivity index (χ0n) is 15.0. The van der Waals surface area contributed by atoms with Gasteiger partial charge in [0.15, 0.2) is 5.82 Å². The molecule has 2 aromatic heterocycles. The van der Waals surface area contributed by atoms with Crippen LogP contribution in [-0.2, 0) is 13.2 Å². The number of ether oxygens (including phenoxy) is 1. The first-order chi connectivity index (χ1) is 13.0. The van der Waals surface area contributed by atoms with E-state index in [1.54, 1.807) is 46.0 Å². The van der Waals surface area contributed by atoms with Crippen LogP contribution in [0.4, 0.5) is 0 Å². The predicted molar refractivity (Wildman–Crippen MR) is 98.5 cm³/mol. The van der Waals surface area contributed by atoms with Gasteiger partial charge in [0.25, 0.3) is 5.91 Å². The zero-order valence-corrected chi connectivity index (χ0v) is 15.8. The minimum absolute atomic E-state index is 0.155. The lowest BCUT2D eigenvalue weighted by molar-refractivity contribution is 0.0952. The number of amides is 1. The quantitative estimate of drug-likeness (QED) is 0.633. The first-order valence-corrected chi connectivity index (χ1v) is 8.86. The number of aromatic nitrogens is 6. The monoisotopic (exact) mass is 389 g/mol. The van der Waals surface area contributed by atoms with E-state index in [1.165, 1.54) is 0 Å². The van der Waals surface area contributed by atoms with Gasteiger partial charge in [0.1, 0.15) is 12.4 Å². The van der Waals surface area contributed by atoms with E-state index < -0.39 is 0 Å². The molecule has 0 fully saturated rings. The van der Waals surface area contributed by atoms with Gasteiger partial charge in [-0.05, 0) is 48.5 Å². The van der Waals surface area contributed by atoms with Crippen molar-refractivity contribution in [2.75, 3.05) is 6.54 Å². The van der Waals surface area contributed by atoms with Gasteiger partial charge in [0.2, 0.25) is 0 Å². The maximum Gasteiger partial charge on any atom is 0.251 e. The highest BCUT2D eigenvalue weighted by Gasteiger charge is 2.10. The van der Waals surface area contributed by atoms with Crippen LogP contribution in [0.2, 0.25) is 5.02 Å². The third-order valence-electron chi connectivity index (χ3n) is 3.76. The second kappa shape index (κ2) is 8.63. The van der Waals surface area contributed by atoms with Gasteiger partial charge in [0, 0.05) is 18.3 Å². The molecule has 1 N–H and O–H groups in total. The summed E-state index contributed by atoms with van der Waals surface area (Å²) in [5, 5.41) is 19.0. The lowest BCUT2D eigenvalue weighted by Crippen LogP contribution is -2.27. The molecule has 1 amide bonds. The Balaban J connectivity index is 1.49. The molecule has 0 atom stereocenters. The van der Waals surface area contributed by atoms with Gasteiger partial charge in [-0.15, -0.1) is 5.10 Å². The first kappa shape index (κ1) is 18.8. The molecule has 0 aliphatic heterocycles. The normalized spacial score (nSPS) is 11.0. The van der Waals surface area contributed by atoms with E-state index in [0.717, 1.165) is 0 Å². The van der Waals surface area contributed by atoms with Gasteiger partial charge in [-0.25, -0.2) is 4.68 Å². The van der Waals surface area contributed by atoms with Crippen molar-refractivity contribution in [1.29, 1.82) is 0 Å². The number of hydrogen-bond donors (Lipinski definition) is 1. The average molecular weight is 390 g/mol. The molecular weight excluding hydrogens is 370 g/mol. The molecule has 0 bridgehead atoms. The molecule has 9 nitrogen and oxygen atoms in total. The number of nitrogens with one attached hydrogen (secondary N) is 1. The summed E-state index contributed by atoms with van der Waals surface area (Å²) in [6.07, 6.45) is 3.26. The largest absolute Gasteiger partial charge is 0.486 e. The van der Waals surface area contributed by atoms with Crippen LogP contribution in [-0.4, -0.2) is 42.4 Å². The number of halogens is 1. The van der Waals surface area contributed by atoms with Crippen LogP contribution in [0.5, 0.6) is 5.75 Å². The van der Waals surface area contributed by atoms with Gasteiger partial charge in [0.05, 0.1) is 23.8 Å². The third-order valence-corrected chi connectivity index (χ3v) is 3.96. The highest BCUT2D eigenvalue weighted by molar-refractivity contribution is 6.30. The summed E-state index contributed by atoms with van der Waals surface area (Å²) < 4.78 is 9.07. The Bertz CT molecular complexity index is 889. The van der Waals surface area contributed by atoms with Gasteiger partial charge in [-0.3, -0.25) is 9.48 Å². The Labute approximate surface area is 161 Å². The Morgan fingerprint density at radius 1 is 1.30 bits per heavy atom. The lowest BCUT2D eigenvalue weighted by atomic mass is 10.2. The van der Waals surface area contributed by atoms with Gasteiger partial charge in [-0.1, -0.05) is 11.6 Å². The number of rotatable bonds is 8. The fourth-order valence-electron chi connectivity index (χ4n) is 2.41. The SMILES string of the molecule is CC(C)n1nnnc1COc1ccc(C(=O)NCCn2cc(Cl)cn2)cc1. The topological polar surface area (TPSA) is 99.8 Å². The molecule has 0 unspecified atom stereocenters. The molecule has 0 spiro atoms. The van der Waals surface area contributed by atoms with Crippen LogP contribution >= 0.6 is 11.6 Å². The summed E-state index contributed by atoms with van der Waals surface area (Å²) in [5.41, 5.74) is 0.549. The summed E-state index contributed by atoms with van der Waals surface area (Å²) in [7, 11) is 0. The molecule has 2 heterocycles. The molecule has 10 heteroatoms. The molecule has 3 rings (SSSR count). The number of nitrogens with zero attached hydrogens (tertiary/aromatic N) is 6. The zero-order chi connectivity index (χ0) is 19.2. The van der Waals surface area contributed by atoms with Crippen molar-refractivity contribution in [1.82, 2.24) is 35.3 Å². The smallest absolute Gasteiger partial charge is 0.251 e. The van der Waals surface area contributed by atoms with Gasteiger partial charge < -0.3 is 10.1 Å². The molecule has 0 aliphatic carbocycles. The van der Waals surface area contributed by atoms with Crippen molar-refractivity contribution in [3.63, 3.8) is 0 Å². The van der Waals surface area contributed by atoms with E-state index >= 15 is 0 Å². The van der Waals surface area contributed by atoms with Crippen LogP contribution in [0.3, 0.4) is 0 Å². The maximum absolute atomic E-state index is 12.2. The van der Waals surface area contributed by atoms with E-state index in [-0.39, 0.29) is 18.6 Å². The van der Waals surface area contributed by atoms with Gasteiger partial charge in [-0.2, -0.15) is 5.10 Å². The predicted octanol–water partition coefficient (Wildman–Crippen LogP) is 2.11. The Kier molecular flexibility index (Phi) is 6.02. The third kappa shape index (κ3) is 5.04. The molecule has 0 saturated carbocycles. The van der Waals surface area contributed by atoms with E-state index in [0.29, 0.717) is 35.2 Å². The lowest BCUT2D eigenvalue weighted by Gasteiger charge is -2.10. The fraction of sp³-hybridized carbons (Fsp3) is 0.353. The fourth-order valence-corrected chi connectivity index (χ4v) is 2.56. The summed E-state index contributed by atoms with van der Waals surface area (Å²) in [6, 6.07) is 7.06. The highest BCUT2D eigenvalue weighted by atomic mass is 35.5. The van der Waals surface area contributed by atoms with Crippen LogP contribution in [0.25, 0.3) is 0 Å². The molecule has 1 aromatic carbocycles. The molecule has 27 heavy (non-hydrogen) atoms. The number of tetrazole rings is 1. The summed E-state index contributed by atoms with van der Waals surface area (Å²) >= 11 is 5.80. The van der Waals surface area contributed by atoms with E-state index in [9.17, 15) is 4.79 Å². The van der Waals surface area contributed by atoms with Crippen molar-refractivity contribution < 1.29 is 9.53 Å². The minimum Gasteiger partial charge on any atom is -0.486 e. The number of benzene rings is 1. The molecule has 0 saturated heterocycles. The van der Waals surface area contributed by atoms with Crippen molar-refractivity contribution in [2.24, 2.45) is 0 Å². The average Bonchev–Trinajstić information content (AvgIpc) is 3.29. The van der Waals surface area contributed by atoms with Crippen LogP contribution < -0.4 is 10.1 Å². The number of carbonyl (C=O) groups excluding carboxylic acids is 1. The van der Waals surface area contributed by atoms with Crippen LogP contribution in [0, 0.1) is 0 Å². The Morgan fingerprint density at radius 3 is 2.74 bits per heavy atom. The van der Waals surface area contributed by atoms with Crippen LogP contribution in [0.15, 0.2) is 36.7 Å². The van der Waals surface area contributed by atoms with Crippen molar-refractivity contribution in [2.45, 2.75) is 33.0 Å². The number of carbonyl (C=O) groups is 1. The second-order valence-electron chi connectivity index (χ2n) is 6.12. The Morgan fingerprint density at radius 2 is 2.07 bits per heavy atom. The molecule has 142 valence electrons. The van der Waals surface area contributed by atoms with Crippen molar-refractivity contribution in [3.8, 4) is 5.75 Å².